The lowest BCUT2D eigenvalue weighted by atomic mass is 10.1. The molecule has 4 nitrogen and oxygen atoms in total. The maximum absolute atomic E-state index is 11.9. The van der Waals surface area contributed by atoms with Gasteiger partial charge >= 0.3 is 0 Å². The van der Waals surface area contributed by atoms with Gasteiger partial charge in [0.25, 0.3) is 6.43 Å². The molecule has 0 radical (unpaired) electrons. The minimum absolute atomic E-state index is 0.0241. The van der Waals surface area contributed by atoms with Crippen LogP contribution in [0, 0.1) is 0 Å². The lowest BCUT2D eigenvalue weighted by molar-refractivity contribution is 0.00478. The molecule has 1 unspecified atom stereocenters. The molecular weight excluding hydrogens is 294 g/mol. The molecule has 1 N–H and O–H groups in total. The number of hydrogen-bond donors (Lipinski definition) is 1. The molecule has 0 spiro atoms. The highest BCUT2D eigenvalue weighted by molar-refractivity contribution is 6.31. The number of fused-ring (bicyclic) bond motifs is 1. The van der Waals surface area contributed by atoms with Crippen molar-refractivity contribution in [2.24, 2.45) is 0 Å². The summed E-state index contributed by atoms with van der Waals surface area (Å²) in [6.07, 6.45) is -3.24. The van der Waals surface area contributed by atoms with Crippen molar-refractivity contribution in [1.82, 2.24) is 0 Å². The molecule has 0 fully saturated rings. The van der Waals surface area contributed by atoms with E-state index in [1.54, 1.807) is 12.1 Å². The van der Waals surface area contributed by atoms with E-state index in [-0.39, 0.29) is 13.0 Å². The van der Waals surface area contributed by atoms with Crippen LogP contribution in [0.25, 0.3) is 0 Å². The Morgan fingerprint density at radius 2 is 1.90 bits per heavy atom. The maximum atomic E-state index is 11.9. The zero-order chi connectivity index (χ0) is 14.5. The van der Waals surface area contributed by atoms with Gasteiger partial charge in [-0.3, -0.25) is 0 Å². The average Bonchev–Trinajstić information content (AvgIpc) is 2.42. The first-order chi connectivity index (χ1) is 9.58. The summed E-state index contributed by atoms with van der Waals surface area (Å²) in [5, 5.41) is 10.4. The van der Waals surface area contributed by atoms with Gasteiger partial charge in [0.2, 0.25) is 0 Å². The van der Waals surface area contributed by atoms with E-state index in [0.29, 0.717) is 35.3 Å². The van der Waals surface area contributed by atoms with Gasteiger partial charge in [0.1, 0.15) is 19.8 Å². The minimum Gasteiger partial charge on any atom is -0.486 e. The van der Waals surface area contributed by atoms with Gasteiger partial charge in [-0.1, -0.05) is 11.6 Å². The Hall–Kier alpha value is -1.11. The molecule has 7 heteroatoms. The third-order valence-corrected chi connectivity index (χ3v) is 3.13. The van der Waals surface area contributed by atoms with Gasteiger partial charge in [-0.2, -0.15) is 0 Å². The van der Waals surface area contributed by atoms with Crippen LogP contribution in [0.3, 0.4) is 0 Å². The lowest BCUT2D eigenvalue weighted by Gasteiger charge is -2.21. The van der Waals surface area contributed by atoms with Crippen LogP contribution < -0.4 is 9.47 Å². The SMILES string of the molecule is OC(CCOCC(F)F)c1cc2c(cc1Cl)OCCO2. The van der Waals surface area contributed by atoms with Crippen molar-refractivity contribution in [2.75, 3.05) is 26.4 Å². The second kappa shape index (κ2) is 7.06. The Labute approximate surface area is 120 Å². The van der Waals surface area contributed by atoms with Crippen LogP contribution in [0.5, 0.6) is 11.5 Å². The molecule has 0 amide bonds. The standard InChI is InChI=1S/C13H15ClF2O4/c14-9-6-12-11(19-3-4-20-12)5-8(9)10(17)1-2-18-7-13(15)16/h5-6,10,13,17H,1-4,7H2. The van der Waals surface area contributed by atoms with E-state index in [2.05, 4.69) is 0 Å². The van der Waals surface area contributed by atoms with Crippen molar-refractivity contribution in [3.8, 4) is 11.5 Å². The molecule has 1 aromatic rings. The molecule has 1 heterocycles. The number of halogens is 3. The molecule has 0 aliphatic carbocycles. The normalized spacial score (nSPS) is 15.4. The van der Waals surface area contributed by atoms with Crippen LogP contribution >= 0.6 is 11.6 Å². The maximum Gasteiger partial charge on any atom is 0.261 e. The van der Waals surface area contributed by atoms with E-state index in [4.69, 9.17) is 25.8 Å². The summed E-state index contributed by atoms with van der Waals surface area (Å²) in [4.78, 5) is 0. The summed E-state index contributed by atoms with van der Waals surface area (Å²) in [7, 11) is 0. The number of ether oxygens (including phenoxy) is 3. The third-order valence-electron chi connectivity index (χ3n) is 2.80. The first-order valence-corrected chi connectivity index (χ1v) is 6.58. The number of hydrogen-bond acceptors (Lipinski definition) is 4. The van der Waals surface area contributed by atoms with Crippen LogP contribution in [0.1, 0.15) is 18.1 Å². The van der Waals surface area contributed by atoms with Gasteiger partial charge in [-0.25, -0.2) is 8.78 Å². The van der Waals surface area contributed by atoms with Crippen LogP contribution in [-0.4, -0.2) is 38.0 Å². The predicted octanol–water partition coefficient (Wildman–Crippen LogP) is 2.82. The van der Waals surface area contributed by atoms with E-state index in [1.807, 2.05) is 0 Å². The molecule has 0 bridgehead atoms. The van der Waals surface area contributed by atoms with E-state index < -0.39 is 19.1 Å². The molecule has 112 valence electrons. The summed E-state index contributed by atoms with van der Waals surface area (Å²) < 4.78 is 39.3. The highest BCUT2D eigenvalue weighted by Crippen LogP contribution is 2.38. The Balaban J connectivity index is 1.97. The largest absolute Gasteiger partial charge is 0.486 e. The highest BCUT2D eigenvalue weighted by atomic mass is 35.5. The Bertz CT molecular complexity index is 456. The van der Waals surface area contributed by atoms with Crippen molar-refractivity contribution in [3.05, 3.63) is 22.7 Å². The summed E-state index contributed by atoms with van der Waals surface area (Å²) in [6, 6.07) is 3.18. The number of aliphatic hydroxyl groups is 1. The van der Waals surface area contributed by atoms with Crippen molar-refractivity contribution >= 4 is 11.6 Å². The molecule has 0 saturated carbocycles. The monoisotopic (exact) mass is 308 g/mol. The van der Waals surface area contributed by atoms with Gasteiger partial charge < -0.3 is 19.3 Å². The zero-order valence-corrected chi connectivity index (χ0v) is 11.4. The van der Waals surface area contributed by atoms with E-state index in [0.717, 1.165) is 0 Å². The molecule has 1 aliphatic heterocycles. The summed E-state index contributed by atoms with van der Waals surface area (Å²) in [6.45, 7) is 0.270. The van der Waals surface area contributed by atoms with E-state index in [1.165, 1.54) is 0 Å². The highest BCUT2D eigenvalue weighted by Gasteiger charge is 2.19. The van der Waals surface area contributed by atoms with Crippen molar-refractivity contribution in [1.29, 1.82) is 0 Å². The second-order valence-corrected chi connectivity index (χ2v) is 4.70. The van der Waals surface area contributed by atoms with Gasteiger partial charge in [-0.15, -0.1) is 0 Å². The predicted molar refractivity (Wildman–Crippen MR) is 68.8 cm³/mol. The van der Waals surface area contributed by atoms with Gasteiger partial charge in [-0.05, 0) is 6.07 Å². The van der Waals surface area contributed by atoms with Crippen molar-refractivity contribution in [3.63, 3.8) is 0 Å². The molecular formula is C13H15ClF2O4. The Morgan fingerprint density at radius 3 is 2.55 bits per heavy atom. The van der Waals surface area contributed by atoms with Gasteiger partial charge in [0, 0.05) is 24.7 Å². The minimum atomic E-state index is -2.51. The molecule has 20 heavy (non-hydrogen) atoms. The van der Waals surface area contributed by atoms with Crippen LogP contribution in [0.4, 0.5) is 8.78 Å². The Morgan fingerprint density at radius 1 is 1.25 bits per heavy atom. The first kappa shape index (κ1) is 15.3. The number of benzene rings is 1. The summed E-state index contributed by atoms with van der Waals surface area (Å²) in [5.74, 6) is 1.05. The van der Waals surface area contributed by atoms with Gasteiger partial charge in [0.05, 0.1) is 11.1 Å². The fourth-order valence-corrected chi connectivity index (χ4v) is 2.14. The van der Waals surface area contributed by atoms with E-state index in [9.17, 15) is 13.9 Å². The zero-order valence-electron chi connectivity index (χ0n) is 10.7. The second-order valence-electron chi connectivity index (χ2n) is 4.29. The Kier molecular flexibility index (Phi) is 5.39. The molecule has 0 saturated heterocycles. The van der Waals surface area contributed by atoms with Crippen LogP contribution in [0.15, 0.2) is 12.1 Å². The molecule has 1 aliphatic rings. The van der Waals surface area contributed by atoms with Gasteiger partial charge in [0.15, 0.2) is 11.5 Å². The molecule has 1 atom stereocenters. The van der Waals surface area contributed by atoms with Crippen LogP contribution in [-0.2, 0) is 4.74 Å². The smallest absolute Gasteiger partial charge is 0.261 e. The topological polar surface area (TPSA) is 47.9 Å². The van der Waals surface area contributed by atoms with Crippen molar-refractivity contribution in [2.45, 2.75) is 19.0 Å². The number of aliphatic hydroxyl groups excluding tert-OH is 1. The first-order valence-electron chi connectivity index (χ1n) is 6.21. The fraction of sp³-hybridized carbons (Fsp3) is 0.538. The number of alkyl halides is 2. The number of rotatable bonds is 6. The average molecular weight is 309 g/mol. The van der Waals surface area contributed by atoms with Crippen molar-refractivity contribution < 1.29 is 28.1 Å². The molecule has 1 aromatic carbocycles. The third kappa shape index (κ3) is 3.94. The lowest BCUT2D eigenvalue weighted by Crippen LogP contribution is -2.16. The molecule has 0 aromatic heterocycles. The van der Waals surface area contributed by atoms with E-state index >= 15 is 0 Å². The fourth-order valence-electron chi connectivity index (χ4n) is 1.86. The molecule has 2 rings (SSSR count). The summed E-state index contributed by atoms with van der Waals surface area (Å²) >= 11 is 6.06. The quantitative estimate of drug-likeness (QED) is 0.821. The van der Waals surface area contributed by atoms with Crippen LogP contribution in [0.2, 0.25) is 5.02 Å². The summed E-state index contributed by atoms with van der Waals surface area (Å²) in [5.41, 5.74) is 0.469.